The number of aryl methyl sites for hydroxylation is 1. The highest BCUT2D eigenvalue weighted by Crippen LogP contribution is 2.20. The van der Waals surface area contributed by atoms with Crippen molar-refractivity contribution in [3.63, 3.8) is 0 Å². The van der Waals surface area contributed by atoms with E-state index >= 15 is 0 Å². The number of amides is 1. The summed E-state index contributed by atoms with van der Waals surface area (Å²) < 4.78 is 4.64. The topological polar surface area (TPSA) is 62.0 Å². The molecule has 1 aromatic carbocycles. The summed E-state index contributed by atoms with van der Waals surface area (Å²) in [4.78, 5) is 30.2. The smallest absolute Gasteiger partial charge is 0.275 e. The molecule has 4 rings (SSSR count). The van der Waals surface area contributed by atoms with Gasteiger partial charge in [-0.25, -0.2) is 0 Å². The lowest BCUT2D eigenvalue weighted by molar-refractivity contribution is -0.121. The summed E-state index contributed by atoms with van der Waals surface area (Å²) in [5.41, 5.74) is 2.48. The van der Waals surface area contributed by atoms with E-state index < -0.39 is 0 Å². The van der Waals surface area contributed by atoms with Gasteiger partial charge in [0.15, 0.2) is 0 Å². The minimum atomic E-state index is -0.0257. The average molecular weight is 488 g/mol. The number of piperazine rings is 1. The van der Waals surface area contributed by atoms with Crippen molar-refractivity contribution in [2.24, 2.45) is 0 Å². The van der Waals surface area contributed by atoms with Gasteiger partial charge in [-0.15, -0.1) is 0 Å². The minimum absolute atomic E-state index is 0.0257. The summed E-state index contributed by atoms with van der Waals surface area (Å²) in [5.74, 6) is 0.0505. The van der Waals surface area contributed by atoms with E-state index in [1.165, 1.54) is 0 Å². The van der Waals surface area contributed by atoms with Crippen molar-refractivity contribution in [1.29, 1.82) is 0 Å². The molecule has 1 aliphatic rings. The molecule has 0 spiro atoms. The molecule has 31 heavy (non-hydrogen) atoms. The quantitative estimate of drug-likeness (QED) is 0.530. The van der Waals surface area contributed by atoms with Gasteiger partial charge in [0.2, 0.25) is 5.91 Å². The highest BCUT2D eigenvalue weighted by molar-refractivity contribution is 9.10. The van der Waals surface area contributed by atoms with Gasteiger partial charge in [0.1, 0.15) is 5.52 Å². The van der Waals surface area contributed by atoms with Crippen LogP contribution in [0.5, 0.6) is 0 Å². The van der Waals surface area contributed by atoms with Crippen LogP contribution in [0.3, 0.4) is 0 Å². The average Bonchev–Trinajstić information content (AvgIpc) is 3.27. The SMILES string of the molecule is CCN1CCN(CCNC(=O)CCCn2c(=O)c3cccn3c3ccc(Br)cc32)CC1. The van der Waals surface area contributed by atoms with Crippen molar-refractivity contribution in [3.05, 3.63) is 51.4 Å². The zero-order valence-corrected chi connectivity index (χ0v) is 19.6. The van der Waals surface area contributed by atoms with E-state index in [9.17, 15) is 9.59 Å². The fourth-order valence-electron chi connectivity index (χ4n) is 4.32. The molecule has 1 fully saturated rings. The first-order valence-electron chi connectivity index (χ1n) is 11.1. The number of hydrogen-bond acceptors (Lipinski definition) is 4. The maximum atomic E-state index is 13.0. The number of rotatable bonds is 8. The Labute approximate surface area is 190 Å². The van der Waals surface area contributed by atoms with Gasteiger partial charge in [-0.05, 0) is 43.3 Å². The van der Waals surface area contributed by atoms with Gasteiger partial charge >= 0.3 is 0 Å². The maximum absolute atomic E-state index is 13.0. The van der Waals surface area contributed by atoms with Gasteiger partial charge in [-0.2, -0.15) is 0 Å². The van der Waals surface area contributed by atoms with Crippen molar-refractivity contribution < 1.29 is 4.79 Å². The molecule has 0 atom stereocenters. The Kier molecular flexibility index (Phi) is 7.09. The van der Waals surface area contributed by atoms with Gasteiger partial charge in [0, 0.05) is 62.9 Å². The molecular weight excluding hydrogens is 458 g/mol. The van der Waals surface area contributed by atoms with Crippen molar-refractivity contribution in [1.82, 2.24) is 24.1 Å². The van der Waals surface area contributed by atoms with Crippen LogP contribution in [0, 0.1) is 0 Å². The molecule has 0 aliphatic carbocycles. The molecule has 2 aromatic heterocycles. The molecule has 0 unspecified atom stereocenters. The number of fused-ring (bicyclic) bond motifs is 3. The number of nitrogens with one attached hydrogen (secondary N) is 1. The third kappa shape index (κ3) is 5.02. The monoisotopic (exact) mass is 487 g/mol. The van der Waals surface area contributed by atoms with Crippen molar-refractivity contribution in [2.75, 3.05) is 45.8 Å². The first-order chi connectivity index (χ1) is 15.1. The van der Waals surface area contributed by atoms with Crippen LogP contribution in [0.25, 0.3) is 16.6 Å². The molecule has 1 N–H and O–H groups in total. The van der Waals surface area contributed by atoms with Crippen molar-refractivity contribution >= 4 is 38.4 Å². The molecule has 0 bridgehead atoms. The van der Waals surface area contributed by atoms with Crippen LogP contribution in [0.15, 0.2) is 45.8 Å². The highest BCUT2D eigenvalue weighted by atomic mass is 79.9. The Hall–Kier alpha value is -2.16. The lowest BCUT2D eigenvalue weighted by Crippen LogP contribution is -2.48. The predicted molar refractivity (Wildman–Crippen MR) is 128 cm³/mol. The molecule has 1 saturated heterocycles. The molecule has 0 saturated carbocycles. The summed E-state index contributed by atoms with van der Waals surface area (Å²) in [5, 5.41) is 3.03. The van der Waals surface area contributed by atoms with E-state index in [-0.39, 0.29) is 11.5 Å². The maximum Gasteiger partial charge on any atom is 0.275 e. The number of hydrogen-bond donors (Lipinski definition) is 1. The lowest BCUT2D eigenvalue weighted by Gasteiger charge is -2.33. The molecule has 3 heterocycles. The second kappa shape index (κ2) is 9.97. The number of aromatic nitrogens is 2. The fraction of sp³-hybridized carbons (Fsp3) is 0.478. The second-order valence-corrected chi connectivity index (χ2v) is 9.00. The largest absolute Gasteiger partial charge is 0.355 e. The van der Waals surface area contributed by atoms with Crippen LogP contribution in [0.4, 0.5) is 0 Å². The van der Waals surface area contributed by atoms with Gasteiger partial charge in [-0.3, -0.25) is 14.5 Å². The molecule has 166 valence electrons. The Morgan fingerprint density at radius 1 is 1.03 bits per heavy atom. The van der Waals surface area contributed by atoms with Crippen LogP contribution < -0.4 is 10.9 Å². The first kappa shape index (κ1) is 22.0. The second-order valence-electron chi connectivity index (χ2n) is 8.08. The van der Waals surface area contributed by atoms with Gasteiger partial charge < -0.3 is 19.2 Å². The molecule has 3 aromatic rings. The standard InChI is InChI=1S/C23H30BrN5O2/c1-2-26-13-15-27(16-14-26)12-9-25-22(30)6-4-11-29-21-17-18(24)7-8-19(21)28-10-3-5-20(28)23(29)31/h3,5,7-8,10,17H,2,4,6,9,11-16H2,1H3,(H,25,30). The Balaban J connectivity index is 1.32. The number of halogens is 1. The number of carbonyl (C=O) groups is 1. The molecular formula is C23H30BrN5O2. The van der Waals surface area contributed by atoms with E-state index in [0.717, 1.165) is 54.8 Å². The third-order valence-corrected chi connectivity index (χ3v) is 6.64. The zero-order valence-electron chi connectivity index (χ0n) is 18.0. The molecule has 0 radical (unpaired) electrons. The van der Waals surface area contributed by atoms with Crippen molar-refractivity contribution in [2.45, 2.75) is 26.3 Å². The molecule has 1 aliphatic heterocycles. The van der Waals surface area contributed by atoms with Gasteiger partial charge in [-0.1, -0.05) is 22.9 Å². The van der Waals surface area contributed by atoms with E-state index in [4.69, 9.17) is 0 Å². The van der Waals surface area contributed by atoms with Gasteiger partial charge in [0.25, 0.3) is 5.56 Å². The summed E-state index contributed by atoms with van der Waals surface area (Å²) in [7, 11) is 0. The minimum Gasteiger partial charge on any atom is -0.355 e. The highest BCUT2D eigenvalue weighted by Gasteiger charge is 2.15. The lowest BCUT2D eigenvalue weighted by atomic mass is 10.2. The van der Waals surface area contributed by atoms with E-state index in [1.54, 1.807) is 4.57 Å². The molecule has 1 amide bonds. The zero-order chi connectivity index (χ0) is 21.8. The Morgan fingerprint density at radius 3 is 2.58 bits per heavy atom. The Bertz CT molecular complexity index is 1110. The first-order valence-corrected chi connectivity index (χ1v) is 11.9. The molecule has 7 nitrogen and oxygen atoms in total. The van der Waals surface area contributed by atoms with E-state index in [2.05, 4.69) is 38.0 Å². The summed E-state index contributed by atoms with van der Waals surface area (Å²) in [6.45, 7) is 9.74. The third-order valence-electron chi connectivity index (χ3n) is 6.15. The molecule has 8 heteroatoms. The van der Waals surface area contributed by atoms with E-state index in [0.29, 0.717) is 31.4 Å². The predicted octanol–water partition coefficient (Wildman–Crippen LogP) is 2.55. The summed E-state index contributed by atoms with van der Waals surface area (Å²) in [6, 6.07) is 9.68. The number of likely N-dealkylation sites (N-methyl/N-ethyl adjacent to an activating group) is 1. The van der Waals surface area contributed by atoms with Crippen LogP contribution in [0.1, 0.15) is 19.8 Å². The Morgan fingerprint density at radius 2 is 1.81 bits per heavy atom. The normalized spacial score (nSPS) is 15.7. The fourth-order valence-corrected chi connectivity index (χ4v) is 4.67. The van der Waals surface area contributed by atoms with Crippen LogP contribution >= 0.6 is 15.9 Å². The van der Waals surface area contributed by atoms with E-state index in [1.807, 2.05) is 40.9 Å². The number of benzene rings is 1. The number of nitrogens with zero attached hydrogens (tertiary/aromatic N) is 4. The van der Waals surface area contributed by atoms with Crippen LogP contribution in [-0.2, 0) is 11.3 Å². The van der Waals surface area contributed by atoms with Crippen LogP contribution in [0.2, 0.25) is 0 Å². The number of carbonyl (C=O) groups excluding carboxylic acids is 1. The summed E-state index contributed by atoms with van der Waals surface area (Å²) >= 11 is 3.51. The summed E-state index contributed by atoms with van der Waals surface area (Å²) in [6.07, 6.45) is 2.95. The van der Waals surface area contributed by atoms with Crippen LogP contribution in [-0.4, -0.2) is 70.5 Å². The van der Waals surface area contributed by atoms with Crippen molar-refractivity contribution in [3.8, 4) is 0 Å². The van der Waals surface area contributed by atoms with Gasteiger partial charge in [0.05, 0.1) is 11.0 Å².